The van der Waals surface area contributed by atoms with Gasteiger partial charge in [0, 0.05) is 17.8 Å². The van der Waals surface area contributed by atoms with Gasteiger partial charge in [-0.05, 0) is 31.0 Å². The monoisotopic (exact) mass is 335 g/mol. The minimum atomic E-state index is -0.391. The molecule has 7 heteroatoms. The first-order valence-corrected chi connectivity index (χ1v) is 7.69. The lowest BCUT2D eigenvalue weighted by Crippen LogP contribution is -2.29. The van der Waals surface area contributed by atoms with E-state index < -0.39 is 5.91 Å². The summed E-state index contributed by atoms with van der Waals surface area (Å²) in [6.45, 7) is 6.34. The number of rotatable bonds is 8. The van der Waals surface area contributed by atoms with Gasteiger partial charge in [-0.3, -0.25) is 9.59 Å². The van der Waals surface area contributed by atoms with Crippen LogP contribution in [-0.4, -0.2) is 38.3 Å². The maximum Gasteiger partial charge on any atom is 0.271 e. The van der Waals surface area contributed by atoms with Crippen LogP contribution in [0.3, 0.4) is 0 Å². The van der Waals surface area contributed by atoms with Crippen LogP contribution in [0.2, 0.25) is 0 Å². The van der Waals surface area contributed by atoms with Crippen molar-refractivity contribution in [2.24, 2.45) is 11.0 Å². The van der Waals surface area contributed by atoms with Gasteiger partial charge < -0.3 is 14.8 Å². The summed E-state index contributed by atoms with van der Waals surface area (Å²) in [5, 5.41) is 6.75. The smallest absolute Gasteiger partial charge is 0.271 e. The third-order valence-corrected chi connectivity index (χ3v) is 3.12. The predicted molar refractivity (Wildman–Crippen MR) is 92.6 cm³/mol. The van der Waals surface area contributed by atoms with Crippen molar-refractivity contribution in [1.29, 1.82) is 0 Å². The molecule has 0 saturated heterocycles. The molecule has 0 saturated carbocycles. The number of methoxy groups -OCH3 is 2. The van der Waals surface area contributed by atoms with Crippen molar-refractivity contribution >= 4 is 17.5 Å². The fraction of sp³-hybridized carbons (Fsp3) is 0.471. The molecular weight excluding hydrogens is 310 g/mol. The number of ether oxygens (including phenoxy) is 2. The Kier molecular flexibility index (Phi) is 7.74. The molecule has 1 rings (SSSR count). The van der Waals surface area contributed by atoms with Gasteiger partial charge >= 0.3 is 0 Å². The Balaban J connectivity index is 2.62. The average Bonchev–Trinajstić information content (AvgIpc) is 2.57. The van der Waals surface area contributed by atoms with Gasteiger partial charge in [0.15, 0.2) is 11.5 Å². The number of nitrogens with one attached hydrogen (secondary N) is 2. The molecule has 0 heterocycles. The first-order valence-electron chi connectivity index (χ1n) is 7.69. The summed E-state index contributed by atoms with van der Waals surface area (Å²) in [5.41, 5.74) is 3.33. The molecule has 132 valence electrons. The number of nitrogens with zero attached hydrogens (tertiary/aromatic N) is 1. The summed E-state index contributed by atoms with van der Waals surface area (Å²) >= 11 is 0. The fourth-order valence-electron chi connectivity index (χ4n) is 1.84. The molecule has 0 atom stereocenters. The lowest BCUT2D eigenvalue weighted by atomic mass is 10.2. The first-order chi connectivity index (χ1) is 11.4. The molecule has 1 aromatic carbocycles. The van der Waals surface area contributed by atoms with Crippen molar-refractivity contribution in [3.63, 3.8) is 0 Å². The van der Waals surface area contributed by atoms with E-state index in [-0.39, 0.29) is 12.3 Å². The van der Waals surface area contributed by atoms with E-state index in [1.54, 1.807) is 25.1 Å². The number of carbonyl (C=O) groups excluding carboxylic acids is 2. The van der Waals surface area contributed by atoms with Crippen LogP contribution in [0.4, 0.5) is 0 Å². The van der Waals surface area contributed by atoms with Crippen LogP contribution in [0, 0.1) is 5.92 Å². The molecule has 0 unspecified atom stereocenters. The molecule has 0 aromatic heterocycles. The standard InChI is InChI=1S/C17H25N3O4/c1-11(2)10-18-16(21)8-12(3)19-20-17(22)13-6-7-14(23-4)15(9-13)24-5/h6-7,9,11H,8,10H2,1-5H3,(H,18,21)(H,20,22)/b19-12-. The van der Waals surface area contributed by atoms with E-state index in [1.165, 1.54) is 14.2 Å². The molecule has 0 radical (unpaired) electrons. The molecule has 0 aliphatic heterocycles. The van der Waals surface area contributed by atoms with Crippen molar-refractivity contribution in [3.8, 4) is 11.5 Å². The number of amides is 2. The van der Waals surface area contributed by atoms with Gasteiger partial charge in [-0.15, -0.1) is 0 Å². The Morgan fingerprint density at radius 2 is 1.83 bits per heavy atom. The Bertz CT molecular complexity index is 612. The predicted octanol–water partition coefficient (Wildman–Crippen LogP) is 1.97. The van der Waals surface area contributed by atoms with E-state index in [0.717, 1.165) is 0 Å². The van der Waals surface area contributed by atoms with Crippen molar-refractivity contribution < 1.29 is 19.1 Å². The highest BCUT2D eigenvalue weighted by Crippen LogP contribution is 2.27. The zero-order chi connectivity index (χ0) is 18.1. The van der Waals surface area contributed by atoms with Crippen LogP contribution in [-0.2, 0) is 4.79 Å². The number of benzene rings is 1. The molecule has 1 aromatic rings. The molecule has 0 aliphatic carbocycles. The molecular formula is C17H25N3O4. The highest BCUT2D eigenvalue weighted by molar-refractivity contribution is 6.01. The molecule has 0 bridgehead atoms. The van der Waals surface area contributed by atoms with Gasteiger partial charge in [-0.1, -0.05) is 13.8 Å². The average molecular weight is 335 g/mol. The summed E-state index contributed by atoms with van der Waals surface area (Å²) in [5.74, 6) is 0.869. The maximum absolute atomic E-state index is 12.1. The minimum Gasteiger partial charge on any atom is -0.493 e. The molecule has 0 spiro atoms. The summed E-state index contributed by atoms with van der Waals surface area (Å²) in [6, 6.07) is 4.81. The van der Waals surface area contributed by atoms with Crippen molar-refractivity contribution in [2.45, 2.75) is 27.2 Å². The second kappa shape index (κ2) is 9.54. The SMILES string of the molecule is COc1ccc(C(=O)N/N=C(/C)CC(=O)NCC(C)C)cc1OC. The lowest BCUT2D eigenvalue weighted by molar-refractivity contribution is -0.120. The third kappa shape index (κ3) is 6.28. The molecule has 2 N–H and O–H groups in total. The summed E-state index contributed by atoms with van der Waals surface area (Å²) < 4.78 is 10.3. The van der Waals surface area contributed by atoms with E-state index in [4.69, 9.17) is 9.47 Å². The van der Waals surface area contributed by atoms with E-state index >= 15 is 0 Å². The van der Waals surface area contributed by atoms with Crippen molar-refractivity contribution in [1.82, 2.24) is 10.7 Å². The van der Waals surface area contributed by atoms with Gasteiger partial charge in [0.1, 0.15) is 0 Å². The highest BCUT2D eigenvalue weighted by Gasteiger charge is 2.11. The number of hydrogen-bond donors (Lipinski definition) is 2. The second-order valence-electron chi connectivity index (χ2n) is 5.73. The molecule has 2 amide bonds. The maximum atomic E-state index is 12.1. The van der Waals surface area contributed by atoms with Crippen LogP contribution in [0.1, 0.15) is 37.6 Å². The topological polar surface area (TPSA) is 89.0 Å². The van der Waals surface area contributed by atoms with Crippen LogP contribution in [0.15, 0.2) is 23.3 Å². The molecule has 0 aliphatic rings. The normalized spacial score (nSPS) is 11.2. The van der Waals surface area contributed by atoms with Crippen LogP contribution in [0.5, 0.6) is 11.5 Å². The summed E-state index contributed by atoms with van der Waals surface area (Å²) in [6.07, 6.45) is 0.138. The summed E-state index contributed by atoms with van der Waals surface area (Å²) in [4.78, 5) is 23.8. The quantitative estimate of drug-likeness (QED) is 0.561. The van der Waals surface area contributed by atoms with Gasteiger partial charge in [0.2, 0.25) is 5.91 Å². The van der Waals surface area contributed by atoms with Crippen LogP contribution in [0.25, 0.3) is 0 Å². The van der Waals surface area contributed by atoms with Gasteiger partial charge in [-0.2, -0.15) is 5.10 Å². The van der Waals surface area contributed by atoms with Crippen LogP contribution >= 0.6 is 0 Å². The van der Waals surface area contributed by atoms with E-state index in [0.29, 0.717) is 35.2 Å². The number of hydrazone groups is 1. The largest absolute Gasteiger partial charge is 0.493 e. The first kappa shape index (κ1) is 19.5. The van der Waals surface area contributed by atoms with E-state index in [1.807, 2.05) is 13.8 Å². The Labute approximate surface area is 142 Å². The van der Waals surface area contributed by atoms with Crippen molar-refractivity contribution in [2.75, 3.05) is 20.8 Å². The molecule has 7 nitrogen and oxygen atoms in total. The zero-order valence-corrected chi connectivity index (χ0v) is 14.8. The van der Waals surface area contributed by atoms with Crippen LogP contribution < -0.4 is 20.2 Å². The molecule has 0 fully saturated rings. The van der Waals surface area contributed by atoms with Gasteiger partial charge in [-0.25, -0.2) is 5.43 Å². The Hall–Kier alpha value is -2.57. The Morgan fingerprint density at radius 1 is 1.17 bits per heavy atom. The highest BCUT2D eigenvalue weighted by atomic mass is 16.5. The minimum absolute atomic E-state index is 0.120. The van der Waals surface area contributed by atoms with Gasteiger partial charge in [0.25, 0.3) is 5.91 Å². The lowest BCUT2D eigenvalue weighted by Gasteiger charge is -2.09. The third-order valence-electron chi connectivity index (χ3n) is 3.12. The zero-order valence-electron chi connectivity index (χ0n) is 14.8. The van der Waals surface area contributed by atoms with Gasteiger partial charge in [0.05, 0.1) is 20.6 Å². The van der Waals surface area contributed by atoms with E-state index in [2.05, 4.69) is 15.8 Å². The number of carbonyl (C=O) groups is 2. The van der Waals surface area contributed by atoms with Crippen molar-refractivity contribution in [3.05, 3.63) is 23.8 Å². The fourth-order valence-corrected chi connectivity index (χ4v) is 1.84. The van der Waals surface area contributed by atoms with E-state index in [9.17, 15) is 9.59 Å². The second-order valence-corrected chi connectivity index (χ2v) is 5.73. The Morgan fingerprint density at radius 3 is 2.42 bits per heavy atom. The summed E-state index contributed by atoms with van der Waals surface area (Å²) in [7, 11) is 3.02. The molecule has 24 heavy (non-hydrogen) atoms. The number of hydrogen-bond acceptors (Lipinski definition) is 5.